The van der Waals surface area contributed by atoms with Gasteiger partial charge >= 0.3 is 0 Å². The van der Waals surface area contributed by atoms with Gasteiger partial charge in [-0.3, -0.25) is 4.79 Å². The molecule has 5 nitrogen and oxygen atoms in total. The standard InChI is InChI=1S/C23H30N2O3S/c1-3-19-10-12-22(13-11-19)29(27,28)25-16-14-21(15-17-25)23(26)24(4-2)18-20-8-6-5-7-9-20/h5-13,21H,3-4,14-18H2,1-2H3. The van der Waals surface area contributed by atoms with Gasteiger partial charge in [-0.1, -0.05) is 49.4 Å². The Morgan fingerprint density at radius 3 is 2.14 bits per heavy atom. The summed E-state index contributed by atoms with van der Waals surface area (Å²) in [7, 11) is -3.50. The summed E-state index contributed by atoms with van der Waals surface area (Å²) < 4.78 is 27.4. The zero-order valence-corrected chi connectivity index (χ0v) is 18.1. The molecule has 1 amide bonds. The van der Waals surface area contributed by atoms with Crippen LogP contribution in [0.4, 0.5) is 0 Å². The van der Waals surface area contributed by atoms with E-state index in [0.29, 0.717) is 43.9 Å². The van der Waals surface area contributed by atoms with Gasteiger partial charge in [0, 0.05) is 32.1 Å². The molecule has 0 unspecified atom stereocenters. The van der Waals surface area contributed by atoms with Crippen LogP contribution in [0.1, 0.15) is 37.8 Å². The van der Waals surface area contributed by atoms with Crippen molar-refractivity contribution >= 4 is 15.9 Å². The van der Waals surface area contributed by atoms with Gasteiger partial charge in [0.2, 0.25) is 15.9 Å². The van der Waals surface area contributed by atoms with E-state index in [0.717, 1.165) is 17.5 Å². The van der Waals surface area contributed by atoms with Gasteiger partial charge in [0.1, 0.15) is 0 Å². The van der Waals surface area contributed by atoms with Gasteiger partial charge in [-0.2, -0.15) is 4.31 Å². The molecule has 1 fully saturated rings. The molecular formula is C23H30N2O3S. The summed E-state index contributed by atoms with van der Waals surface area (Å²) in [6, 6.07) is 17.1. The third kappa shape index (κ3) is 5.06. The summed E-state index contributed by atoms with van der Waals surface area (Å²) in [5.41, 5.74) is 2.23. The van der Waals surface area contributed by atoms with E-state index in [1.165, 1.54) is 4.31 Å². The minimum Gasteiger partial charge on any atom is -0.338 e. The second-order valence-electron chi connectivity index (χ2n) is 7.51. The van der Waals surface area contributed by atoms with E-state index >= 15 is 0 Å². The van der Waals surface area contributed by atoms with E-state index in [2.05, 4.69) is 0 Å². The van der Waals surface area contributed by atoms with E-state index in [1.807, 2.05) is 61.2 Å². The zero-order valence-electron chi connectivity index (χ0n) is 17.3. The number of carbonyl (C=O) groups excluding carboxylic acids is 1. The number of benzene rings is 2. The van der Waals surface area contributed by atoms with Crippen LogP contribution in [0.5, 0.6) is 0 Å². The van der Waals surface area contributed by atoms with Gasteiger partial charge in [-0.05, 0) is 49.4 Å². The highest BCUT2D eigenvalue weighted by molar-refractivity contribution is 7.89. The summed E-state index contributed by atoms with van der Waals surface area (Å²) in [4.78, 5) is 15.2. The lowest BCUT2D eigenvalue weighted by atomic mass is 9.96. The van der Waals surface area contributed by atoms with Crippen LogP contribution in [0.3, 0.4) is 0 Å². The molecule has 0 bridgehead atoms. The van der Waals surface area contributed by atoms with E-state index in [4.69, 9.17) is 0 Å². The van der Waals surface area contributed by atoms with Crippen molar-refractivity contribution in [3.63, 3.8) is 0 Å². The van der Waals surface area contributed by atoms with Crippen LogP contribution in [0.15, 0.2) is 59.5 Å². The van der Waals surface area contributed by atoms with Gasteiger partial charge in [0.25, 0.3) is 0 Å². The molecule has 3 rings (SSSR count). The van der Waals surface area contributed by atoms with Gasteiger partial charge < -0.3 is 4.90 Å². The molecule has 0 spiro atoms. The van der Waals surface area contributed by atoms with Crippen LogP contribution in [0.25, 0.3) is 0 Å². The molecule has 2 aromatic carbocycles. The number of carbonyl (C=O) groups is 1. The SMILES string of the molecule is CCc1ccc(S(=O)(=O)N2CCC(C(=O)N(CC)Cc3ccccc3)CC2)cc1. The molecular weight excluding hydrogens is 384 g/mol. The fourth-order valence-electron chi connectivity index (χ4n) is 3.80. The highest BCUT2D eigenvalue weighted by atomic mass is 32.2. The van der Waals surface area contributed by atoms with Crippen LogP contribution in [0.2, 0.25) is 0 Å². The summed E-state index contributed by atoms with van der Waals surface area (Å²) in [6.07, 6.45) is 2.01. The first-order valence-corrected chi connectivity index (χ1v) is 11.8. The number of hydrogen-bond acceptors (Lipinski definition) is 3. The highest BCUT2D eigenvalue weighted by Crippen LogP contribution is 2.26. The average molecular weight is 415 g/mol. The minimum absolute atomic E-state index is 0.118. The molecule has 156 valence electrons. The summed E-state index contributed by atoms with van der Waals surface area (Å²) in [6.45, 7) is 6.05. The number of nitrogens with zero attached hydrogens (tertiary/aromatic N) is 2. The lowest BCUT2D eigenvalue weighted by Gasteiger charge is -2.33. The first kappa shape index (κ1) is 21.5. The van der Waals surface area contributed by atoms with Crippen LogP contribution in [-0.4, -0.2) is 43.2 Å². The lowest BCUT2D eigenvalue weighted by molar-refractivity contribution is -0.137. The van der Waals surface area contributed by atoms with Crippen LogP contribution >= 0.6 is 0 Å². The van der Waals surface area contributed by atoms with E-state index in [1.54, 1.807) is 12.1 Å². The van der Waals surface area contributed by atoms with Crippen LogP contribution in [0, 0.1) is 5.92 Å². The topological polar surface area (TPSA) is 57.7 Å². The summed E-state index contributed by atoms with van der Waals surface area (Å²) in [5, 5.41) is 0. The maximum Gasteiger partial charge on any atom is 0.243 e. The summed E-state index contributed by atoms with van der Waals surface area (Å²) >= 11 is 0. The molecule has 0 N–H and O–H groups in total. The Kier molecular flexibility index (Phi) is 7.09. The van der Waals surface area contributed by atoms with Gasteiger partial charge in [-0.15, -0.1) is 0 Å². The second kappa shape index (κ2) is 9.55. The Hall–Kier alpha value is -2.18. The number of rotatable bonds is 7. The monoisotopic (exact) mass is 414 g/mol. The molecule has 1 heterocycles. The van der Waals surface area contributed by atoms with Crippen LogP contribution < -0.4 is 0 Å². The molecule has 29 heavy (non-hydrogen) atoms. The van der Waals surface area contributed by atoms with Gasteiger partial charge in [0.15, 0.2) is 0 Å². The Bertz CT molecular complexity index is 903. The van der Waals surface area contributed by atoms with E-state index < -0.39 is 10.0 Å². The van der Waals surface area contributed by atoms with Crippen molar-refractivity contribution < 1.29 is 13.2 Å². The number of piperidine rings is 1. The number of sulfonamides is 1. The minimum atomic E-state index is -3.50. The molecule has 1 aliphatic heterocycles. The van der Waals surface area contributed by atoms with Crippen molar-refractivity contribution in [1.29, 1.82) is 0 Å². The summed E-state index contributed by atoms with van der Waals surface area (Å²) in [5.74, 6) is 0.00767. The molecule has 1 aliphatic rings. The Labute approximate surface area is 174 Å². The third-order valence-corrected chi connectivity index (χ3v) is 7.60. The average Bonchev–Trinajstić information content (AvgIpc) is 2.78. The lowest BCUT2D eigenvalue weighted by Crippen LogP contribution is -2.44. The molecule has 6 heteroatoms. The molecule has 0 atom stereocenters. The molecule has 0 saturated carbocycles. The van der Waals surface area contributed by atoms with Gasteiger partial charge in [-0.25, -0.2) is 8.42 Å². The second-order valence-corrected chi connectivity index (χ2v) is 9.45. The number of hydrogen-bond donors (Lipinski definition) is 0. The molecule has 2 aromatic rings. The first-order chi connectivity index (χ1) is 14.0. The smallest absolute Gasteiger partial charge is 0.243 e. The van der Waals surface area contributed by atoms with E-state index in [9.17, 15) is 13.2 Å². The normalized spacial score (nSPS) is 15.9. The Morgan fingerprint density at radius 2 is 1.59 bits per heavy atom. The predicted molar refractivity (Wildman–Crippen MR) is 115 cm³/mol. The zero-order chi connectivity index (χ0) is 20.9. The van der Waals surface area contributed by atoms with Crippen molar-refractivity contribution in [2.24, 2.45) is 5.92 Å². The van der Waals surface area contributed by atoms with Crippen molar-refractivity contribution in [2.45, 2.75) is 44.6 Å². The maximum atomic E-state index is 13.0. The molecule has 0 radical (unpaired) electrons. The number of amides is 1. The fraction of sp³-hybridized carbons (Fsp3) is 0.435. The Balaban J connectivity index is 1.62. The fourth-order valence-corrected chi connectivity index (χ4v) is 5.27. The largest absolute Gasteiger partial charge is 0.338 e. The predicted octanol–water partition coefficient (Wildman–Crippen LogP) is 3.70. The quantitative estimate of drug-likeness (QED) is 0.694. The highest BCUT2D eigenvalue weighted by Gasteiger charge is 2.33. The third-order valence-electron chi connectivity index (χ3n) is 5.68. The van der Waals surface area contributed by atoms with Crippen molar-refractivity contribution in [3.8, 4) is 0 Å². The Morgan fingerprint density at radius 1 is 0.966 bits per heavy atom. The molecule has 0 aromatic heterocycles. The maximum absolute atomic E-state index is 13.0. The van der Waals surface area contributed by atoms with Crippen LogP contribution in [-0.2, 0) is 27.8 Å². The van der Waals surface area contributed by atoms with E-state index in [-0.39, 0.29) is 11.8 Å². The first-order valence-electron chi connectivity index (χ1n) is 10.4. The van der Waals surface area contributed by atoms with Gasteiger partial charge in [0.05, 0.1) is 4.90 Å². The van der Waals surface area contributed by atoms with Crippen molar-refractivity contribution in [3.05, 3.63) is 65.7 Å². The van der Waals surface area contributed by atoms with Crippen molar-refractivity contribution in [1.82, 2.24) is 9.21 Å². The molecule has 1 saturated heterocycles. The number of aryl methyl sites for hydroxylation is 1. The molecule has 0 aliphatic carbocycles. The van der Waals surface area contributed by atoms with Crippen molar-refractivity contribution in [2.75, 3.05) is 19.6 Å².